The zero-order valence-corrected chi connectivity index (χ0v) is 20.1. The molecular weight excluding hydrogens is 419 g/mol. The highest BCUT2D eigenvalue weighted by Crippen LogP contribution is 2.51. The van der Waals surface area contributed by atoms with Crippen LogP contribution < -0.4 is 5.32 Å². The lowest BCUT2D eigenvalue weighted by Crippen LogP contribution is -2.44. The molecule has 1 N–H and O–H groups in total. The molecule has 2 saturated heterocycles. The smallest absolute Gasteiger partial charge is 0.457 e. The molecule has 1 aromatic rings. The van der Waals surface area contributed by atoms with Crippen LogP contribution in [0.4, 0.5) is 0 Å². The van der Waals surface area contributed by atoms with Crippen molar-refractivity contribution in [3.05, 3.63) is 46.3 Å². The molecule has 0 bridgehead atoms. The summed E-state index contributed by atoms with van der Waals surface area (Å²) in [6.07, 6.45) is 2.84. The van der Waals surface area contributed by atoms with Crippen LogP contribution in [-0.4, -0.2) is 42.9 Å². The Morgan fingerprint density at radius 2 is 1.91 bits per heavy atom. The molecule has 4 rings (SSSR count). The molecule has 3 fully saturated rings. The van der Waals surface area contributed by atoms with Gasteiger partial charge in [0.2, 0.25) is 0 Å². The van der Waals surface area contributed by atoms with Crippen LogP contribution in [-0.2, 0) is 25.4 Å². The number of nitrogens with zero attached hydrogens (tertiary/aromatic N) is 3. The molecule has 0 spiro atoms. The molecule has 2 aliphatic heterocycles. The second-order valence-corrected chi connectivity index (χ2v) is 10.7. The number of carbonyl (C=O) groups is 1. The van der Waals surface area contributed by atoms with Crippen LogP contribution in [0.25, 0.3) is 10.4 Å². The predicted octanol–water partition coefficient (Wildman–Crippen LogP) is 4.51. The molecule has 4 atom stereocenters. The predicted molar refractivity (Wildman–Crippen MR) is 126 cm³/mol. The van der Waals surface area contributed by atoms with Gasteiger partial charge in [0.15, 0.2) is 0 Å². The van der Waals surface area contributed by atoms with Gasteiger partial charge in [0, 0.05) is 4.91 Å². The van der Waals surface area contributed by atoms with Gasteiger partial charge in [-0.25, -0.2) is 0 Å². The second kappa shape index (κ2) is 9.30. The van der Waals surface area contributed by atoms with Gasteiger partial charge in [0.05, 0.1) is 11.2 Å². The molecule has 4 unspecified atom stereocenters. The maximum atomic E-state index is 13.4. The third-order valence-electron chi connectivity index (χ3n) is 8.14. The fourth-order valence-corrected chi connectivity index (χ4v) is 5.71. The molecule has 0 amide bonds. The van der Waals surface area contributed by atoms with E-state index in [-0.39, 0.29) is 36.8 Å². The Bertz CT molecular complexity index is 889. The van der Waals surface area contributed by atoms with E-state index >= 15 is 0 Å². The van der Waals surface area contributed by atoms with Crippen molar-refractivity contribution >= 4 is 13.1 Å². The summed E-state index contributed by atoms with van der Waals surface area (Å²) in [7, 11) is -0.271. The van der Waals surface area contributed by atoms with Gasteiger partial charge in [-0.2, -0.15) is 0 Å². The van der Waals surface area contributed by atoms with Crippen molar-refractivity contribution in [3.63, 3.8) is 0 Å². The molecule has 178 valence electrons. The molecule has 1 aromatic carbocycles. The summed E-state index contributed by atoms with van der Waals surface area (Å²) in [5.41, 5.74) is 8.46. The van der Waals surface area contributed by atoms with Gasteiger partial charge < -0.3 is 19.4 Å². The Kier molecular flexibility index (Phi) is 6.79. The maximum Gasteiger partial charge on any atom is 0.457 e. The van der Waals surface area contributed by atoms with E-state index in [4.69, 9.17) is 14.0 Å². The Balaban J connectivity index is 1.46. The minimum absolute atomic E-state index is 0.0703. The highest BCUT2D eigenvalue weighted by Gasteiger charge is 2.59. The first-order valence-electron chi connectivity index (χ1n) is 12.0. The first kappa shape index (κ1) is 24.1. The molecular formula is C24H35BN4O4. The molecule has 9 heteroatoms. The zero-order chi connectivity index (χ0) is 23.7. The van der Waals surface area contributed by atoms with Crippen molar-refractivity contribution in [2.75, 3.05) is 13.1 Å². The summed E-state index contributed by atoms with van der Waals surface area (Å²) in [5.74, 6) is 0.123. The van der Waals surface area contributed by atoms with Gasteiger partial charge in [-0.1, -0.05) is 41.9 Å². The van der Waals surface area contributed by atoms with E-state index in [1.54, 1.807) is 0 Å². The number of carbonyl (C=O) groups excluding carboxylic acids is 1. The van der Waals surface area contributed by atoms with Gasteiger partial charge in [0.1, 0.15) is 12.1 Å². The Morgan fingerprint density at radius 3 is 2.58 bits per heavy atom. The van der Waals surface area contributed by atoms with Crippen molar-refractivity contribution in [3.8, 4) is 0 Å². The second-order valence-electron chi connectivity index (χ2n) is 10.7. The lowest BCUT2D eigenvalue weighted by Gasteiger charge is -2.32. The quantitative estimate of drug-likeness (QED) is 0.205. The van der Waals surface area contributed by atoms with Crippen molar-refractivity contribution < 1.29 is 18.8 Å². The third-order valence-corrected chi connectivity index (χ3v) is 8.14. The fraction of sp³-hybridized carbons (Fsp3) is 0.708. The molecule has 1 aliphatic carbocycles. The zero-order valence-electron chi connectivity index (χ0n) is 20.1. The number of esters is 1. The average molecular weight is 454 g/mol. The number of ether oxygens (including phenoxy) is 1. The van der Waals surface area contributed by atoms with Crippen LogP contribution in [0, 0.1) is 17.8 Å². The summed E-state index contributed by atoms with van der Waals surface area (Å²) in [5, 5.41) is 7.59. The molecule has 1 saturated carbocycles. The molecule has 0 aromatic heterocycles. The van der Waals surface area contributed by atoms with Gasteiger partial charge in [0.25, 0.3) is 0 Å². The Hall–Kier alpha value is -2.06. The molecule has 3 aliphatic rings. The number of rotatable bonds is 8. The van der Waals surface area contributed by atoms with Gasteiger partial charge in [-0.15, -0.1) is 0 Å². The highest BCUT2D eigenvalue weighted by molar-refractivity contribution is 6.45. The summed E-state index contributed by atoms with van der Waals surface area (Å²) in [4.78, 5) is 16.5. The van der Waals surface area contributed by atoms with E-state index in [1.807, 2.05) is 58.0 Å². The third kappa shape index (κ3) is 4.65. The summed E-state index contributed by atoms with van der Waals surface area (Å²) < 4.78 is 18.0. The number of nitrogens with one attached hydrogen (secondary N) is 1. The van der Waals surface area contributed by atoms with E-state index in [1.165, 1.54) is 0 Å². The molecule has 0 radical (unpaired) electrons. The Morgan fingerprint density at radius 1 is 1.21 bits per heavy atom. The molecule has 8 nitrogen and oxygen atoms in total. The number of hydrogen-bond acceptors (Lipinski definition) is 6. The lowest BCUT2D eigenvalue weighted by atomic mass is 9.75. The maximum absolute atomic E-state index is 13.4. The van der Waals surface area contributed by atoms with Crippen molar-refractivity contribution in [2.45, 2.75) is 76.6 Å². The topological polar surface area (TPSA) is 106 Å². The van der Waals surface area contributed by atoms with E-state index in [9.17, 15) is 10.3 Å². The van der Waals surface area contributed by atoms with Crippen LogP contribution in [0.3, 0.4) is 0 Å². The normalized spacial score (nSPS) is 31.8. The number of fused-ring (bicyclic) bond motifs is 1. The SMILES string of the molecule is CC1(C)OB(CCCC2C3CNCC3CC2(N=[N+]=[N-])C(=O)OCc2ccccc2)OC1(C)C. The van der Waals surface area contributed by atoms with E-state index in [2.05, 4.69) is 15.3 Å². The van der Waals surface area contributed by atoms with Gasteiger partial charge in [-0.05, 0) is 88.8 Å². The number of hydrogen-bond donors (Lipinski definition) is 1. The van der Waals surface area contributed by atoms with Crippen LogP contribution in [0.1, 0.15) is 52.5 Å². The van der Waals surface area contributed by atoms with Crippen molar-refractivity contribution in [2.24, 2.45) is 22.9 Å². The first-order valence-corrected chi connectivity index (χ1v) is 12.0. The van der Waals surface area contributed by atoms with Crippen molar-refractivity contribution in [1.29, 1.82) is 0 Å². The van der Waals surface area contributed by atoms with Crippen LogP contribution in [0.5, 0.6) is 0 Å². The summed E-state index contributed by atoms with van der Waals surface area (Å²) in [6, 6.07) is 9.59. The molecule has 33 heavy (non-hydrogen) atoms. The number of azide groups is 1. The fourth-order valence-electron chi connectivity index (χ4n) is 5.71. The van der Waals surface area contributed by atoms with Crippen LogP contribution in [0.15, 0.2) is 35.4 Å². The lowest BCUT2D eigenvalue weighted by molar-refractivity contribution is -0.153. The summed E-state index contributed by atoms with van der Waals surface area (Å²) in [6.45, 7) is 10.1. The van der Waals surface area contributed by atoms with E-state index < -0.39 is 11.5 Å². The van der Waals surface area contributed by atoms with E-state index in [0.717, 1.165) is 37.8 Å². The largest absolute Gasteiger partial charge is 0.460 e. The monoisotopic (exact) mass is 454 g/mol. The average Bonchev–Trinajstić information content (AvgIpc) is 3.38. The minimum atomic E-state index is -1.16. The first-order chi connectivity index (χ1) is 15.7. The standard InChI is InChI=1S/C24H35BN4O4/c1-22(2)23(3,4)33-25(32-22)12-8-11-20-19-15-27-14-18(19)13-24(20,28-29-26)21(30)31-16-17-9-6-5-7-10-17/h5-7,9-10,18-20,27H,8,11-16H2,1-4H3. The number of benzene rings is 1. The van der Waals surface area contributed by atoms with Gasteiger partial charge >= 0.3 is 13.1 Å². The summed E-state index contributed by atoms with van der Waals surface area (Å²) >= 11 is 0. The minimum Gasteiger partial charge on any atom is -0.460 e. The van der Waals surface area contributed by atoms with Crippen LogP contribution >= 0.6 is 0 Å². The van der Waals surface area contributed by atoms with Crippen molar-refractivity contribution in [1.82, 2.24) is 5.32 Å². The molecule has 2 heterocycles. The van der Waals surface area contributed by atoms with Gasteiger partial charge in [-0.3, -0.25) is 4.79 Å². The highest BCUT2D eigenvalue weighted by atomic mass is 16.7. The Labute approximate surface area is 196 Å². The van der Waals surface area contributed by atoms with E-state index in [0.29, 0.717) is 12.3 Å². The van der Waals surface area contributed by atoms with Crippen LogP contribution in [0.2, 0.25) is 6.32 Å².